The fourth-order valence-electron chi connectivity index (χ4n) is 1.54. The predicted molar refractivity (Wildman–Crippen MR) is 68.7 cm³/mol. The molecule has 0 aliphatic rings. The van der Waals surface area contributed by atoms with Crippen molar-refractivity contribution in [3.8, 4) is 16.9 Å². The summed E-state index contributed by atoms with van der Waals surface area (Å²) in [6, 6.07) is 10.8. The Labute approximate surface area is 103 Å². The molecule has 0 saturated carbocycles. The molecular weight excluding hydrogens is 236 g/mol. The molecule has 2 aromatic rings. The van der Waals surface area contributed by atoms with Crippen LogP contribution in [0.15, 0.2) is 50.7 Å². The minimum atomic E-state index is -0.327. The summed E-state index contributed by atoms with van der Waals surface area (Å²) in [5.74, 6) is 0.803. The van der Waals surface area contributed by atoms with E-state index in [1.54, 1.807) is 13.2 Å². The lowest BCUT2D eigenvalue weighted by molar-refractivity contribution is 0.414. The quantitative estimate of drug-likeness (QED) is 0.783. The standard InChI is InChI=1S/C13H12O3S/c1-15-10-5-3-9(4-6-10)11-7-8-12(14)16-13(11)17-2/h3-8H,1-2H3. The van der Waals surface area contributed by atoms with Crippen molar-refractivity contribution >= 4 is 11.8 Å². The van der Waals surface area contributed by atoms with Crippen LogP contribution in [0.5, 0.6) is 5.75 Å². The highest BCUT2D eigenvalue weighted by Crippen LogP contribution is 2.29. The van der Waals surface area contributed by atoms with Gasteiger partial charge in [0, 0.05) is 11.6 Å². The SMILES string of the molecule is COc1ccc(-c2ccc(=O)oc2SC)cc1. The highest BCUT2D eigenvalue weighted by molar-refractivity contribution is 7.98. The van der Waals surface area contributed by atoms with Gasteiger partial charge in [0.2, 0.25) is 0 Å². The molecule has 2 rings (SSSR count). The zero-order valence-corrected chi connectivity index (χ0v) is 10.4. The molecule has 3 nitrogen and oxygen atoms in total. The Bertz CT molecular complexity index is 558. The van der Waals surface area contributed by atoms with Gasteiger partial charge in [0.05, 0.1) is 7.11 Å². The van der Waals surface area contributed by atoms with E-state index >= 15 is 0 Å². The van der Waals surface area contributed by atoms with Crippen LogP contribution >= 0.6 is 11.8 Å². The Morgan fingerprint density at radius 3 is 2.41 bits per heavy atom. The van der Waals surface area contributed by atoms with Crippen LogP contribution in [-0.2, 0) is 0 Å². The van der Waals surface area contributed by atoms with Crippen molar-refractivity contribution in [3.05, 3.63) is 46.8 Å². The summed E-state index contributed by atoms with van der Waals surface area (Å²) in [4.78, 5) is 11.1. The fourth-order valence-corrected chi connectivity index (χ4v) is 2.11. The largest absolute Gasteiger partial charge is 0.497 e. The van der Waals surface area contributed by atoms with E-state index in [1.165, 1.54) is 17.8 Å². The van der Waals surface area contributed by atoms with Crippen molar-refractivity contribution < 1.29 is 9.15 Å². The van der Waals surface area contributed by atoms with E-state index in [-0.39, 0.29) is 5.63 Å². The zero-order chi connectivity index (χ0) is 12.3. The molecule has 1 aromatic carbocycles. The first-order chi connectivity index (χ1) is 8.24. The van der Waals surface area contributed by atoms with Gasteiger partial charge in [0.25, 0.3) is 0 Å². The first kappa shape index (κ1) is 11.8. The Morgan fingerprint density at radius 2 is 1.82 bits per heavy atom. The van der Waals surface area contributed by atoms with Crippen LogP contribution in [0, 0.1) is 0 Å². The van der Waals surface area contributed by atoms with E-state index in [9.17, 15) is 4.79 Å². The molecule has 1 heterocycles. The van der Waals surface area contributed by atoms with Gasteiger partial charge in [-0.05, 0) is 30.0 Å². The molecule has 88 valence electrons. The highest BCUT2D eigenvalue weighted by Gasteiger charge is 2.07. The summed E-state index contributed by atoms with van der Waals surface area (Å²) in [6.45, 7) is 0. The van der Waals surface area contributed by atoms with Gasteiger partial charge in [-0.15, -0.1) is 0 Å². The smallest absolute Gasteiger partial charge is 0.336 e. The van der Waals surface area contributed by atoms with Crippen molar-refractivity contribution in [1.82, 2.24) is 0 Å². The lowest BCUT2D eigenvalue weighted by atomic mass is 10.1. The van der Waals surface area contributed by atoms with Crippen LogP contribution in [0.25, 0.3) is 11.1 Å². The summed E-state index contributed by atoms with van der Waals surface area (Å²) in [5.41, 5.74) is 1.59. The molecule has 0 saturated heterocycles. The summed E-state index contributed by atoms with van der Waals surface area (Å²) in [5, 5.41) is 0.627. The Hall–Kier alpha value is -1.68. The van der Waals surface area contributed by atoms with E-state index in [0.29, 0.717) is 5.09 Å². The lowest BCUT2D eigenvalue weighted by Crippen LogP contribution is -1.97. The second-order valence-electron chi connectivity index (χ2n) is 3.39. The topological polar surface area (TPSA) is 39.4 Å². The third-order valence-electron chi connectivity index (χ3n) is 2.39. The molecule has 1 aromatic heterocycles. The van der Waals surface area contributed by atoms with E-state index in [4.69, 9.17) is 9.15 Å². The van der Waals surface area contributed by atoms with Crippen LogP contribution in [0.2, 0.25) is 0 Å². The van der Waals surface area contributed by atoms with Crippen LogP contribution in [0.3, 0.4) is 0 Å². The monoisotopic (exact) mass is 248 g/mol. The second-order valence-corrected chi connectivity index (χ2v) is 4.17. The molecular formula is C13H12O3S. The number of ether oxygens (including phenoxy) is 1. The summed E-state index contributed by atoms with van der Waals surface area (Å²) >= 11 is 1.42. The van der Waals surface area contributed by atoms with Crippen molar-refractivity contribution in [3.63, 3.8) is 0 Å². The molecule has 0 aliphatic carbocycles. The molecule has 17 heavy (non-hydrogen) atoms. The normalized spacial score (nSPS) is 10.2. The van der Waals surface area contributed by atoms with Crippen molar-refractivity contribution in [1.29, 1.82) is 0 Å². The number of rotatable bonds is 3. The number of hydrogen-bond acceptors (Lipinski definition) is 4. The molecule has 0 bridgehead atoms. The van der Waals surface area contributed by atoms with Gasteiger partial charge >= 0.3 is 5.63 Å². The average Bonchev–Trinajstić information content (AvgIpc) is 2.39. The summed E-state index contributed by atoms with van der Waals surface area (Å²) < 4.78 is 10.2. The number of benzene rings is 1. The van der Waals surface area contributed by atoms with Gasteiger partial charge in [-0.1, -0.05) is 23.9 Å². The lowest BCUT2D eigenvalue weighted by Gasteiger charge is -2.06. The number of thioether (sulfide) groups is 1. The maximum Gasteiger partial charge on any atom is 0.336 e. The molecule has 0 amide bonds. The third-order valence-corrected chi connectivity index (χ3v) is 3.06. The van der Waals surface area contributed by atoms with Gasteiger partial charge in [-0.2, -0.15) is 0 Å². The molecule has 0 atom stereocenters. The van der Waals surface area contributed by atoms with Gasteiger partial charge in [0.15, 0.2) is 5.09 Å². The van der Waals surface area contributed by atoms with E-state index in [0.717, 1.165) is 16.9 Å². The second kappa shape index (κ2) is 5.10. The zero-order valence-electron chi connectivity index (χ0n) is 9.60. The number of methoxy groups -OCH3 is 1. The average molecular weight is 248 g/mol. The first-order valence-corrected chi connectivity index (χ1v) is 6.29. The molecule has 0 unspecified atom stereocenters. The summed E-state index contributed by atoms with van der Waals surface area (Å²) in [7, 11) is 1.63. The minimum Gasteiger partial charge on any atom is -0.497 e. The van der Waals surface area contributed by atoms with Crippen molar-refractivity contribution in [2.75, 3.05) is 13.4 Å². The van der Waals surface area contributed by atoms with E-state index < -0.39 is 0 Å². The first-order valence-electron chi connectivity index (χ1n) is 5.07. The molecule has 0 N–H and O–H groups in total. The fraction of sp³-hybridized carbons (Fsp3) is 0.154. The van der Waals surface area contributed by atoms with Gasteiger partial charge in [-0.3, -0.25) is 0 Å². The summed E-state index contributed by atoms with van der Waals surface area (Å²) in [6.07, 6.45) is 1.88. The third kappa shape index (κ3) is 2.53. The van der Waals surface area contributed by atoms with Crippen molar-refractivity contribution in [2.24, 2.45) is 0 Å². The van der Waals surface area contributed by atoms with Crippen LogP contribution in [0.4, 0.5) is 0 Å². The number of hydrogen-bond donors (Lipinski definition) is 0. The van der Waals surface area contributed by atoms with Crippen LogP contribution < -0.4 is 10.4 Å². The van der Waals surface area contributed by atoms with Gasteiger partial charge < -0.3 is 9.15 Å². The van der Waals surface area contributed by atoms with Crippen LogP contribution in [0.1, 0.15) is 0 Å². The van der Waals surface area contributed by atoms with Crippen LogP contribution in [-0.4, -0.2) is 13.4 Å². The predicted octanol–water partition coefficient (Wildman–Crippen LogP) is 3.04. The molecule has 0 fully saturated rings. The van der Waals surface area contributed by atoms with Gasteiger partial charge in [-0.25, -0.2) is 4.79 Å². The Morgan fingerprint density at radius 1 is 1.12 bits per heavy atom. The molecule has 4 heteroatoms. The van der Waals surface area contributed by atoms with Crippen molar-refractivity contribution in [2.45, 2.75) is 5.09 Å². The minimum absolute atomic E-state index is 0.327. The Kier molecular flexibility index (Phi) is 3.54. The maximum absolute atomic E-state index is 11.1. The van der Waals surface area contributed by atoms with E-state index in [2.05, 4.69) is 0 Å². The molecule has 0 aliphatic heterocycles. The highest BCUT2D eigenvalue weighted by atomic mass is 32.2. The maximum atomic E-state index is 11.1. The van der Waals surface area contributed by atoms with Gasteiger partial charge in [0.1, 0.15) is 5.75 Å². The molecule has 0 spiro atoms. The molecule has 0 radical (unpaired) electrons. The van der Waals surface area contributed by atoms with E-state index in [1.807, 2.05) is 30.5 Å². The Balaban J connectivity index is 2.48.